The van der Waals surface area contributed by atoms with Crippen molar-refractivity contribution >= 4 is 11.8 Å². The van der Waals surface area contributed by atoms with Crippen molar-refractivity contribution in [3.63, 3.8) is 0 Å². The number of amides is 2. The van der Waals surface area contributed by atoms with E-state index in [-0.39, 0.29) is 29.2 Å². The molecular formula is C31H36FN5O2. The number of nitrogens with one attached hydrogen (secondary N) is 2. The van der Waals surface area contributed by atoms with Crippen LogP contribution in [0.25, 0.3) is 16.9 Å². The van der Waals surface area contributed by atoms with Gasteiger partial charge in [0, 0.05) is 49.8 Å². The predicted octanol–water partition coefficient (Wildman–Crippen LogP) is 5.74. The van der Waals surface area contributed by atoms with Gasteiger partial charge < -0.3 is 10.1 Å². The molecule has 0 spiro atoms. The van der Waals surface area contributed by atoms with E-state index >= 15 is 0 Å². The molecule has 39 heavy (non-hydrogen) atoms. The van der Waals surface area contributed by atoms with Crippen molar-refractivity contribution in [1.29, 1.82) is 0 Å². The van der Waals surface area contributed by atoms with E-state index in [9.17, 15) is 9.18 Å². The number of hydrogen-bond acceptors (Lipinski definition) is 4. The van der Waals surface area contributed by atoms with E-state index in [1.807, 2.05) is 73.7 Å². The molecule has 0 saturated carbocycles. The Morgan fingerprint density at radius 2 is 1.85 bits per heavy atom. The minimum atomic E-state index is -0.288. The highest BCUT2D eigenvalue weighted by Crippen LogP contribution is 2.42. The van der Waals surface area contributed by atoms with Crippen LogP contribution in [0.15, 0.2) is 84.7 Å². The number of halogens is 1. The molecule has 2 aliphatic rings. The number of anilines is 1. The van der Waals surface area contributed by atoms with Gasteiger partial charge in [0.05, 0.1) is 18.0 Å². The number of urea groups is 1. The fourth-order valence-corrected chi connectivity index (χ4v) is 5.68. The molecule has 3 aromatic rings. The molecule has 1 aliphatic carbocycles. The summed E-state index contributed by atoms with van der Waals surface area (Å²) in [6, 6.07) is 19.3. The van der Waals surface area contributed by atoms with E-state index in [2.05, 4.69) is 22.5 Å². The third-order valence-electron chi connectivity index (χ3n) is 7.93. The zero-order valence-corrected chi connectivity index (χ0v) is 22.7. The normalized spacial score (nSPS) is 23.0. The maximum Gasteiger partial charge on any atom is 0.320 e. The molecule has 5 rings (SSSR count). The lowest BCUT2D eigenvalue weighted by atomic mass is 9.70. The number of methoxy groups -OCH3 is 1. The molecule has 7 nitrogen and oxygen atoms in total. The van der Waals surface area contributed by atoms with Crippen LogP contribution in [-0.2, 0) is 4.74 Å². The zero-order valence-electron chi connectivity index (χ0n) is 22.7. The molecular weight excluding hydrogens is 493 g/mol. The van der Waals surface area contributed by atoms with Crippen LogP contribution in [0.3, 0.4) is 0 Å². The fraction of sp³-hybridized carbons (Fsp3) is 0.355. The number of carbonyl (C=O) groups excluding carboxylic acids is 1. The largest absolute Gasteiger partial charge is 0.383 e. The lowest BCUT2D eigenvalue weighted by Crippen LogP contribution is -2.47. The Morgan fingerprint density at radius 3 is 2.51 bits per heavy atom. The van der Waals surface area contributed by atoms with Gasteiger partial charge in [0.25, 0.3) is 0 Å². The third-order valence-corrected chi connectivity index (χ3v) is 7.93. The zero-order chi connectivity index (χ0) is 27.4. The molecule has 1 unspecified atom stereocenters. The number of allylic oxidation sites excluding steroid dienone is 4. The van der Waals surface area contributed by atoms with E-state index in [1.54, 1.807) is 23.9 Å². The Labute approximate surface area is 229 Å². The lowest BCUT2D eigenvalue weighted by Gasteiger charge is -2.37. The maximum absolute atomic E-state index is 13.8. The first-order chi connectivity index (χ1) is 18.9. The Kier molecular flexibility index (Phi) is 7.95. The topological polar surface area (TPSA) is 71.4 Å². The van der Waals surface area contributed by atoms with Crippen molar-refractivity contribution in [3.8, 4) is 16.9 Å². The molecule has 1 fully saturated rings. The number of aromatic nitrogens is 2. The average molecular weight is 530 g/mol. The molecule has 204 valence electrons. The van der Waals surface area contributed by atoms with Crippen molar-refractivity contribution < 1.29 is 13.9 Å². The molecule has 2 N–H and O–H groups in total. The third kappa shape index (κ3) is 5.82. The number of likely N-dealkylation sites (tertiary alicyclic amines) is 1. The second kappa shape index (κ2) is 11.6. The van der Waals surface area contributed by atoms with Gasteiger partial charge in [-0.2, -0.15) is 5.10 Å². The lowest BCUT2D eigenvalue weighted by molar-refractivity contribution is 0.153. The number of nitrogens with zero attached hydrogens (tertiary/aromatic N) is 3. The molecule has 8 heteroatoms. The second-order valence-corrected chi connectivity index (χ2v) is 10.6. The molecule has 1 aliphatic heterocycles. The number of rotatable bonds is 8. The van der Waals surface area contributed by atoms with Gasteiger partial charge >= 0.3 is 6.03 Å². The number of carbonyl (C=O) groups is 1. The van der Waals surface area contributed by atoms with Gasteiger partial charge in [-0.3, -0.25) is 10.2 Å². The first-order valence-electron chi connectivity index (χ1n) is 13.4. The monoisotopic (exact) mass is 529 g/mol. The summed E-state index contributed by atoms with van der Waals surface area (Å²) in [6.07, 6.45) is 5.74. The Bertz CT molecular complexity index is 1350. The van der Waals surface area contributed by atoms with Gasteiger partial charge in [-0.25, -0.2) is 13.9 Å². The number of para-hydroxylation sites is 1. The van der Waals surface area contributed by atoms with Crippen molar-refractivity contribution in [3.05, 3.63) is 90.3 Å². The molecule has 0 radical (unpaired) electrons. The summed E-state index contributed by atoms with van der Waals surface area (Å²) in [5.41, 5.74) is 3.27. The Morgan fingerprint density at radius 1 is 1.13 bits per heavy atom. The first kappa shape index (κ1) is 26.8. The van der Waals surface area contributed by atoms with E-state index in [0.717, 1.165) is 35.6 Å². The molecule has 2 aromatic carbocycles. The molecule has 2 amide bonds. The highest BCUT2D eigenvalue weighted by atomic mass is 19.1. The Balaban J connectivity index is 1.41. The van der Waals surface area contributed by atoms with Crippen LogP contribution >= 0.6 is 0 Å². The Hall–Kier alpha value is -3.75. The van der Waals surface area contributed by atoms with E-state index < -0.39 is 0 Å². The number of ether oxygens (including phenoxy) is 1. The number of benzene rings is 2. The molecule has 1 aromatic heterocycles. The van der Waals surface area contributed by atoms with Gasteiger partial charge in [-0.1, -0.05) is 61.5 Å². The summed E-state index contributed by atoms with van der Waals surface area (Å²) in [5.74, 6) is 0.528. The second-order valence-electron chi connectivity index (χ2n) is 10.6. The standard InChI is InChI=1S/C31H36FN5O2/c1-22-28(23-10-6-4-7-11-23)35-37(25-12-8-5-9-13-25)29(22)34-30(38)33-27-21-36(18-19-39-3)20-26(27)31(2)16-14-24(32)15-17-31/h4-16,26-27H,17-21H2,1-3H3,(H2,33,34,38)/t26-,27-,31?/m1/s1. The van der Waals surface area contributed by atoms with Crippen molar-refractivity contribution in [2.45, 2.75) is 26.3 Å². The van der Waals surface area contributed by atoms with Crippen LogP contribution in [-0.4, -0.2) is 60.1 Å². The van der Waals surface area contributed by atoms with Crippen molar-refractivity contribution in [2.75, 3.05) is 38.7 Å². The highest BCUT2D eigenvalue weighted by Gasteiger charge is 2.44. The van der Waals surface area contributed by atoms with Gasteiger partial charge in [-0.15, -0.1) is 0 Å². The maximum atomic E-state index is 13.8. The SMILES string of the molecule is COCCN1C[C@@H](C2(C)C=CC(F)=CC2)[C@H](NC(=O)Nc2c(C)c(-c3ccccc3)nn2-c2ccccc2)C1. The summed E-state index contributed by atoms with van der Waals surface area (Å²) in [6.45, 7) is 7.00. The van der Waals surface area contributed by atoms with Crippen molar-refractivity contribution in [2.24, 2.45) is 11.3 Å². The van der Waals surface area contributed by atoms with Gasteiger partial charge in [0.2, 0.25) is 0 Å². The van der Waals surface area contributed by atoms with Gasteiger partial charge in [0.1, 0.15) is 11.6 Å². The van der Waals surface area contributed by atoms with E-state index in [0.29, 0.717) is 25.4 Å². The summed E-state index contributed by atoms with van der Waals surface area (Å²) < 4.78 is 20.9. The van der Waals surface area contributed by atoms with Gasteiger partial charge in [-0.05, 0) is 43.0 Å². The average Bonchev–Trinajstić information content (AvgIpc) is 3.51. The van der Waals surface area contributed by atoms with Crippen molar-refractivity contribution in [1.82, 2.24) is 20.0 Å². The van der Waals surface area contributed by atoms with Crippen LogP contribution in [0.1, 0.15) is 18.9 Å². The quantitative estimate of drug-likeness (QED) is 0.391. The smallest absolute Gasteiger partial charge is 0.320 e. The predicted molar refractivity (Wildman–Crippen MR) is 153 cm³/mol. The summed E-state index contributed by atoms with van der Waals surface area (Å²) in [4.78, 5) is 15.9. The van der Waals surface area contributed by atoms with Crippen LogP contribution in [0.2, 0.25) is 0 Å². The summed E-state index contributed by atoms with van der Waals surface area (Å²) >= 11 is 0. The highest BCUT2D eigenvalue weighted by molar-refractivity contribution is 5.91. The van der Waals surface area contributed by atoms with Crippen LogP contribution in [0.5, 0.6) is 0 Å². The van der Waals surface area contributed by atoms with E-state index in [4.69, 9.17) is 9.84 Å². The summed E-state index contributed by atoms with van der Waals surface area (Å²) in [5, 5.41) is 11.3. The van der Waals surface area contributed by atoms with Gasteiger partial charge in [0.15, 0.2) is 0 Å². The number of hydrogen-bond donors (Lipinski definition) is 2. The fourth-order valence-electron chi connectivity index (χ4n) is 5.68. The molecule has 0 bridgehead atoms. The van der Waals surface area contributed by atoms with Crippen LogP contribution in [0, 0.1) is 18.3 Å². The van der Waals surface area contributed by atoms with Crippen LogP contribution in [0.4, 0.5) is 15.0 Å². The molecule has 2 heterocycles. The van der Waals surface area contributed by atoms with E-state index in [1.165, 1.54) is 0 Å². The minimum absolute atomic E-state index is 0.112. The minimum Gasteiger partial charge on any atom is -0.383 e. The summed E-state index contributed by atoms with van der Waals surface area (Å²) in [7, 11) is 1.69. The molecule has 3 atom stereocenters. The molecule has 1 saturated heterocycles. The van der Waals surface area contributed by atoms with Crippen LogP contribution < -0.4 is 10.6 Å². The first-order valence-corrected chi connectivity index (χ1v) is 13.4.